The van der Waals surface area contributed by atoms with E-state index in [1.807, 2.05) is 12.1 Å². The van der Waals surface area contributed by atoms with E-state index in [2.05, 4.69) is 10.3 Å². The number of rotatable bonds is 6. The number of nitrogens with zero attached hydrogens (tertiary/aromatic N) is 1. The number of aromatic nitrogens is 1. The molecule has 5 heteroatoms. The van der Waals surface area contributed by atoms with Gasteiger partial charge in [-0.2, -0.15) is 0 Å². The molecule has 1 saturated heterocycles. The number of nitrogens with one attached hydrogen (secondary N) is 1. The zero-order chi connectivity index (χ0) is 16.8. The van der Waals surface area contributed by atoms with E-state index in [0.717, 1.165) is 24.0 Å². The van der Waals surface area contributed by atoms with Crippen LogP contribution in [0.15, 0.2) is 48.8 Å². The molecule has 1 amide bonds. The zero-order valence-corrected chi connectivity index (χ0v) is 13.5. The Kier molecular flexibility index (Phi) is 5.54. The van der Waals surface area contributed by atoms with Crippen LogP contribution in [0.25, 0.3) is 0 Å². The average molecular weight is 328 g/mol. The predicted octanol–water partition coefficient (Wildman–Crippen LogP) is 3.19. The van der Waals surface area contributed by atoms with Gasteiger partial charge < -0.3 is 10.1 Å². The maximum Gasteiger partial charge on any atom is 0.220 e. The first-order chi connectivity index (χ1) is 11.7. The third-order valence-electron chi connectivity index (χ3n) is 4.25. The van der Waals surface area contributed by atoms with Gasteiger partial charge in [-0.3, -0.25) is 9.78 Å². The summed E-state index contributed by atoms with van der Waals surface area (Å²) in [6.45, 7) is 0.702. The summed E-state index contributed by atoms with van der Waals surface area (Å²) in [5, 5.41) is 3.06. The van der Waals surface area contributed by atoms with Crippen LogP contribution in [0, 0.1) is 5.82 Å². The maximum atomic E-state index is 13.2. The van der Waals surface area contributed by atoms with Crippen LogP contribution in [0.4, 0.5) is 4.39 Å². The number of halogens is 1. The summed E-state index contributed by atoms with van der Waals surface area (Å²) in [4.78, 5) is 16.4. The van der Waals surface area contributed by atoms with Crippen molar-refractivity contribution in [3.05, 3.63) is 65.7 Å². The first kappa shape index (κ1) is 16.6. The molecule has 1 N–H and O–H groups in total. The molecule has 1 aliphatic heterocycles. The van der Waals surface area contributed by atoms with E-state index in [-0.39, 0.29) is 23.9 Å². The third-order valence-corrected chi connectivity index (χ3v) is 4.25. The first-order valence-electron chi connectivity index (χ1n) is 8.28. The summed E-state index contributed by atoms with van der Waals surface area (Å²) >= 11 is 0. The SMILES string of the molecule is O=C(CCc1cccnc1)N[C@@H](c1ccc(F)cc1)[C@H]1CCCO1. The van der Waals surface area contributed by atoms with Gasteiger partial charge in [-0.15, -0.1) is 0 Å². The highest BCUT2D eigenvalue weighted by Crippen LogP contribution is 2.27. The van der Waals surface area contributed by atoms with Gasteiger partial charge in [0.25, 0.3) is 0 Å². The molecule has 2 heterocycles. The Morgan fingerprint density at radius 2 is 2.17 bits per heavy atom. The van der Waals surface area contributed by atoms with Crippen LogP contribution >= 0.6 is 0 Å². The Labute approximate surface area is 141 Å². The fraction of sp³-hybridized carbons (Fsp3) is 0.368. The molecule has 0 saturated carbocycles. The molecule has 126 valence electrons. The van der Waals surface area contributed by atoms with Crippen LogP contribution in [-0.4, -0.2) is 23.6 Å². The molecule has 3 rings (SSSR count). The molecule has 1 aromatic heterocycles. The minimum absolute atomic E-state index is 0.0383. The van der Waals surface area contributed by atoms with Gasteiger partial charge in [0.05, 0.1) is 12.1 Å². The zero-order valence-electron chi connectivity index (χ0n) is 13.5. The van der Waals surface area contributed by atoms with Gasteiger partial charge in [0.1, 0.15) is 5.82 Å². The van der Waals surface area contributed by atoms with Gasteiger partial charge in [0.2, 0.25) is 5.91 Å². The smallest absolute Gasteiger partial charge is 0.220 e. The molecule has 1 fully saturated rings. The average Bonchev–Trinajstić information content (AvgIpc) is 3.14. The van der Waals surface area contributed by atoms with E-state index in [0.29, 0.717) is 19.4 Å². The molecule has 24 heavy (non-hydrogen) atoms. The van der Waals surface area contributed by atoms with Gasteiger partial charge in [-0.05, 0) is 48.6 Å². The van der Waals surface area contributed by atoms with Crippen molar-refractivity contribution >= 4 is 5.91 Å². The number of hydrogen-bond donors (Lipinski definition) is 1. The fourth-order valence-electron chi connectivity index (χ4n) is 2.98. The molecule has 2 aromatic rings. The van der Waals surface area contributed by atoms with Crippen LogP contribution in [0.3, 0.4) is 0 Å². The standard InChI is InChI=1S/C19H21FN2O2/c20-16-8-6-15(7-9-16)19(17-4-2-12-24-17)22-18(23)10-5-14-3-1-11-21-13-14/h1,3,6-9,11,13,17,19H,2,4-5,10,12H2,(H,22,23)/t17-,19+/m1/s1. The minimum atomic E-state index is -0.284. The van der Waals surface area contributed by atoms with Gasteiger partial charge >= 0.3 is 0 Å². The van der Waals surface area contributed by atoms with Crippen molar-refractivity contribution in [2.45, 2.75) is 37.8 Å². The number of hydrogen-bond acceptors (Lipinski definition) is 3. The van der Waals surface area contributed by atoms with Crippen LogP contribution in [0.2, 0.25) is 0 Å². The second-order valence-corrected chi connectivity index (χ2v) is 6.01. The van der Waals surface area contributed by atoms with Crippen molar-refractivity contribution in [1.82, 2.24) is 10.3 Å². The number of ether oxygens (including phenoxy) is 1. The van der Waals surface area contributed by atoms with E-state index < -0.39 is 0 Å². The molecule has 2 atom stereocenters. The van der Waals surface area contributed by atoms with Crippen molar-refractivity contribution in [2.24, 2.45) is 0 Å². The van der Waals surface area contributed by atoms with E-state index in [1.54, 1.807) is 24.5 Å². The monoisotopic (exact) mass is 328 g/mol. The van der Waals surface area contributed by atoms with E-state index in [1.165, 1.54) is 12.1 Å². The summed E-state index contributed by atoms with van der Waals surface area (Å²) in [6.07, 6.45) is 6.32. The summed E-state index contributed by atoms with van der Waals surface area (Å²) in [5.74, 6) is -0.323. The molecule has 0 bridgehead atoms. The predicted molar refractivity (Wildman–Crippen MR) is 88.8 cm³/mol. The van der Waals surface area contributed by atoms with Crippen molar-refractivity contribution in [1.29, 1.82) is 0 Å². The minimum Gasteiger partial charge on any atom is -0.376 e. The number of carbonyl (C=O) groups excluding carboxylic acids is 1. The molecular weight excluding hydrogens is 307 g/mol. The molecule has 0 radical (unpaired) electrons. The lowest BCUT2D eigenvalue weighted by atomic mass is 9.98. The van der Waals surface area contributed by atoms with Crippen LogP contribution < -0.4 is 5.32 Å². The molecule has 0 unspecified atom stereocenters. The van der Waals surface area contributed by atoms with Crippen molar-refractivity contribution in [3.63, 3.8) is 0 Å². The Morgan fingerprint density at radius 1 is 1.33 bits per heavy atom. The van der Waals surface area contributed by atoms with E-state index in [4.69, 9.17) is 4.74 Å². The lowest BCUT2D eigenvalue weighted by Gasteiger charge is -2.25. The lowest BCUT2D eigenvalue weighted by molar-refractivity contribution is -0.122. The lowest BCUT2D eigenvalue weighted by Crippen LogP contribution is -2.36. The van der Waals surface area contributed by atoms with Crippen molar-refractivity contribution in [3.8, 4) is 0 Å². The van der Waals surface area contributed by atoms with E-state index >= 15 is 0 Å². The quantitative estimate of drug-likeness (QED) is 0.886. The van der Waals surface area contributed by atoms with Crippen LogP contribution in [-0.2, 0) is 16.0 Å². The molecule has 0 spiro atoms. The molecule has 1 aliphatic rings. The highest BCUT2D eigenvalue weighted by molar-refractivity contribution is 5.76. The Morgan fingerprint density at radius 3 is 2.83 bits per heavy atom. The first-order valence-corrected chi connectivity index (χ1v) is 8.28. The van der Waals surface area contributed by atoms with Crippen LogP contribution in [0.1, 0.15) is 36.4 Å². The summed E-state index contributed by atoms with van der Waals surface area (Å²) < 4.78 is 18.9. The molecule has 1 aromatic carbocycles. The topological polar surface area (TPSA) is 51.2 Å². The molecule has 4 nitrogen and oxygen atoms in total. The van der Waals surface area contributed by atoms with Crippen molar-refractivity contribution < 1.29 is 13.9 Å². The van der Waals surface area contributed by atoms with Crippen LogP contribution in [0.5, 0.6) is 0 Å². The summed E-state index contributed by atoms with van der Waals surface area (Å²) in [7, 11) is 0. The second-order valence-electron chi connectivity index (χ2n) is 6.01. The Balaban J connectivity index is 1.64. The Bertz CT molecular complexity index is 655. The molecule has 0 aliphatic carbocycles. The highest BCUT2D eigenvalue weighted by Gasteiger charge is 2.28. The Hall–Kier alpha value is -2.27. The fourth-order valence-corrected chi connectivity index (χ4v) is 2.98. The summed E-state index contributed by atoms with van der Waals surface area (Å²) in [6, 6.07) is 9.83. The van der Waals surface area contributed by atoms with Crippen molar-refractivity contribution in [2.75, 3.05) is 6.61 Å². The van der Waals surface area contributed by atoms with Gasteiger partial charge in [0.15, 0.2) is 0 Å². The number of pyridine rings is 1. The third kappa shape index (κ3) is 4.38. The number of carbonyl (C=O) groups is 1. The summed E-state index contributed by atoms with van der Waals surface area (Å²) in [5.41, 5.74) is 1.90. The van der Waals surface area contributed by atoms with Gasteiger partial charge in [0, 0.05) is 25.4 Å². The normalized spacial score (nSPS) is 18.3. The largest absolute Gasteiger partial charge is 0.376 e. The van der Waals surface area contributed by atoms with E-state index in [9.17, 15) is 9.18 Å². The number of aryl methyl sites for hydroxylation is 1. The number of benzene rings is 1. The second kappa shape index (κ2) is 8.02. The highest BCUT2D eigenvalue weighted by atomic mass is 19.1. The van der Waals surface area contributed by atoms with Gasteiger partial charge in [-0.1, -0.05) is 18.2 Å². The van der Waals surface area contributed by atoms with Gasteiger partial charge in [-0.25, -0.2) is 4.39 Å². The maximum absolute atomic E-state index is 13.2. The number of amides is 1. The molecular formula is C19H21FN2O2.